The van der Waals surface area contributed by atoms with Crippen molar-refractivity contribution in [1.29, 1.82) is 0 Å². The zero-order valence-electron chi connectivity index (χ0n) is 10.8. The lowest BCUT2D eigenvalue weighted by atomic mass is 9.97. The number of nitrogens with zero attached hydrogens (tertiary/aromatic N) is 2. The third-order valence-corrected chi connectivity index (χ3v) is 3.38. The van der Waals surface area contributed by atoms with Crippen molar-refractivity contribution in [3.8, 4) is 0 Å². The Hall–Kier alpha value is -2.15. The molecule has 1 aliphatic rings. The van der Waals surface area contributed by atoms with Gasteiger partial charge in [0.2, 0.25) is 5.91 Å². The monoisotopic (exact) mass is 281 g/mol. The van der Waals surface area contributed by atoms with E-state index in [4.69, 9.17) is 10.9 Å². The van der Waals surface area contributed by atoms with Crippen molar-refractivity contribution in [2.45, 2.75) is 12.8 Å². The number of nitrogens with two attached hydrogens (primary N) is 1. The molecule has 0 aliphatic carbocycles. The lowest BCUT2D eigenvalue weighted by molar-refractivity contribution is -0.123. The summed E-state index contributed by atoms with van der Waals surface area (Å²) < 4.78 is 12.8. The van der Waals surface area contributed by atoms with E-state index in [1.165, 1.54) is 29.2 Å². The number of anilines is 1. The average molecular weight is 281 g/mol. The summed E-state index contributed by atoms with van der Waals surface area (Å²) in [6, 6.07) is 5.25. The normalized spacial score (nSPS) is 18.7. The fraction of sp³-hybridized carbons (Fsp3) is 0.385. The Morgan fingerprint density at radius 2 is 2.00 bits per heavy atom. The van der Waals surface area contributed by atoms with Crippen LogP contribution in [0.4, 0.5) is 14.9 Å². The first-order chi connectivity index (χ1) is 9.49. The van der Waals surface area contributed by atoms with E-state index in [0.717, 1.165) is 5.01 Å². The molecule has 0 radical (unpaired) electrons. The first kappa shape index (κ1) is 14.3. The van der Waals surface area contributed by atoms with Crippen LogP contribution in [0, 0.1) is 11.7 Å². The highest BCUT2D eigenvalue weighted by Crippen LogP contribution is 2.21. The van der Waals surface area contributed by atoms with E-state index in [1.807, 2.05) is 0 Å². The topological polar surface area (TPSA) is 86.9 Å². The van der Waals surface area contributed by atoms with Crippen molar-refractivity contribution in [2.24, 2.45) is 11.8 Å². The number of piperidine rings is 1. The van der Waals surface area contributed by atoms with Crippen molar-refractivity contribution >= 4 is 17.7 Å². The number of hydrazine groups is 1. The Kier molecular flexibility index (Phi) is 4.19. The van der Waals surface area contributed by atoms with Gasteiger partial charge in [-0.25, -0.2) is 20.0 Å². The maximum atomic E-state index is 12.8. The van der Waals surface area contributed by atoms with Gasteiger partial charge in [0.15, 0.2) is 0 Å². The van der Waals surface area contributed by atoms with E-state index in [2.05, 4.69) is 0 Å². The Labute approximate surface area is 115 Å². The van der Waals surface area contributed by atoms with Gasteiger partial charge in [-0.3, -0.25) is 4.79 Å². The molecule has 0 saturated carbocycles. The third kappa shape index (κ3) is 3.05. The SMILES string of the molecule is NN(C(=O)C1CCCN(C(=O)O)C1)c1ccc(F)cc1. The van der Waals surface area contributed by atoms with Crippen LogP contribution >= 0.6 is 0 Å². The number of hydrogen-bond donors (Lipinski definition) is 2. The molecular weight excluding hydrogens is 265 g/mol. The van der Waals surface area contributed by atoms with Crippen molar-refractivity contribution in [2.75, 3.05) is 18.1 Å². The predicted octanol–water partition coefficient (Wildman–Crippen LogP) is 1.42. The average Bonchev–Trinajstić information content (AvgIpc) is 2.46. The number of halogens is 1. The minimum atomic E-state index is -1.03. The molecule has 0 bridgehead atoms. The number of likely N-dealkylation sites (tertiary alicyclic amines) is 1. The molecule has 20 heavy (non-hydrogen) atoms. The maximum absolute atomic E-state index is 12.8. The first-order valence-corrected chi connectivity index (χ1v) is 6.31. The predicted molar refractivity (Wildman–Crippen MR) is 70.4 cm³/mol. The van der Waals surface area contributed by atoms with Crippen LogP contribution in [-0.4, -0.2) is 35.1 Å². The zero-order chi connectivity index (χ0) is 14.7. The molecule has 0 aromatic heterocycles. The van der Waals surface area contributed by atoms with Gasteiger partial charge >= 0.3 is 6.09 Å². The van der Waals surface area contributed by atoms with Crippen LogP contribution in [0.1, 0.15) is 12.8 Å². The van der Waals surface area contributed by atoms with Gasteiger partial charge in [-0.2, -0.15) is 0 Å². The summed E-state index contributed by atoms with van der Waals surface area (Å²) in [7, 11) is 0. The van der Waals surface area contributed by atoms with E-state index in [9.17, 15) is 14.0 Å². The van der Waals surface area contributed by atoms with Crippen LogP contribution < -0.4 is 10.9 Å². The van der Waals surface area contributed by atoms with Gasteiger partial charge in [-0.05, 0) is 37.1 Å². The molecule has 0 spiro atoms. The quantitative estimate of drug-likeness (QED) is 0.487. The minimum Gasteiger partial charge on any atom is -0.465 e. The van der Waals surface area contributed by atoms with Crippen molar-refractivity contribution in [1.82, 2.24) is 4.90 Å². The lowest BCUT2D eigenvalue weighted by Gasteiger charge is -2.32. The van der Waals surface area contributed by atoms with Crippen molar-refractivity contribution in [3.05, 3.63) is 30.1 Å². The molecule has 1 aromatic carbocycles. The number of hydrogen-bond acceptors (Lipinski definition) is 3. The molecule has 2 amide bonds. The molecule has 1 saturated heterocycles. The zero-order valence-corrected chi connectivity index (χ0v) is 10.8. The highest BCUT2D eigenvalue weighted by molar-refractivity contribution is 5.94. The molecular formula is C13H16FN3O3. The lowest BCUT2D eigenvalue weighted by Crippen LogP contribution is -2.48. The number of carbonyl (C=O) groups is 2. The Morgan fingerprint density at radius 1 is 1.35 bits per heavy atom. The van der Waals surface area contributed by atoms with Crippen LogP contribution in [-0.2, 0) is 4.79 Å². The van der Waals surface area contributed by atoms with E-state index in [1.54, 1.807) is 0 Å². The van der Waals surface area contributed by atoms with Gasteiger partial charge in [0, 0.05) is 13.1 Å². The molecule has 1 aromatic rings. The van der Waals surface area contributed by atoms with Gasteiger partial charge in [-0.15, -0.1) is 0 Å². The molecule has 6 nitrogen and oxygen atoms in total. The number of carbonyl (C=O) groups excluding carboxylic acids is 1. The third-order valence-electron chi connectivity index (χ3n) is 3.38. The van der Waals surface area contributed by atoms with Gasteiger partial charge < -0.3 is 10.0 Å². The van der Waals surface area contributed by atoms with E-state index in [-0.39, 0.29) is 12.5 Å². The van der Waals surface area contributed by atoms with Crippen LogP contribution in [0.2, 0.25) is 0 Å². The Bertz CT molecular complexity index is 506. The summed E-state index contributed by atoms with van der Waals surface area (Å²) in [4.78, 5) is 24.4. The molecule has 1 fully saturated rings. The second-order valence-corrected chi connectivity index (χ2v) is 4.75. The summed E-state index contributed by atoms with van der Waals surface area (Å²) in [5, 5.41) is 9.91. The largest absolute Gasteiger partial charge is 0.465 e. The van der Waals surface area contributed by atoms with E-state index in [0.29, 0.717) is 25.1 Å². The fourth-order valence-electron chi connectivity index (χ4n) is 2.28. The molecule has 7 heteroatoms. The number of benzene rings is 1. The highest BCUT2D eigenvalue weighted by Gasteiger charge is 2.30. The summed E-state index contributed by atoms with van der Waals surface area (Å²) in [6.45, 7) is 0.573. The Balaban J connectivity index is 2.06. The van der Waals surface area contributed by atoms with Crippen LogP contribution in [0.25, 0.3) is 0 Å². The van der Waals surface area contributed by atoms with E-state index >= 15 is 0 Å². The molecule has 1 atom stereocenters. The standard InChI is InChI=1S/C13H16FN3O3/c14-10-3-5-11(6-4-10)17(15)12(18)9-2-1-7-16(8-9)13(19)20/h3-6,9H,1-2,7-8,15H2,(H,19,20). The number of amides is 2. The maximum Gasteiger partial charge on any atom is 0.407 e. The molecule has 2 rings (SSSR count). The molecule has 108 valence electrons. The molecule has 1 unspecified atom stereocenters. The van der Waals surface area contributed by atoms with Crippen LogP contribution in [0.15, 0.2) is 24.3 Å². The summed E-state index contributed by atoms with van der Waals surface area (Å²) in [6.07, 6.45) is 0.185. The van der Waals surface area contributed by atoms with Crippen LogP contribution in [0.5, 0.6) is 0 Å². The minimum absolute atomic E-state index is 0.142. The number of rotatable bonds is 2. The van der Waals surface area contributed by atoms with E-state index < -0.39 is 17.8 Å². The van der Waals surface area contributed by atoms with Crippen LogP contribution in [0.3, 0.4) is 0 Å². The van der Waals surface area contributed by atoms with Gasteiger partial charge in [-0.1, -0.05) is 0 Å². The summed E-state index contributed by atoms with van der Waals surface area (Å²) >= 11 is 0. The van der Waals surface area contributed by atoms with Crippen molar-refractivity contribution < 1.29 is 19.1 Å². The fourth-order valence-corrected chi connectivity index (χ4v) is 2.28. The summed E-state index contributed by atoms with van der Waals surface area (Å²) in [5.74, 6) is 4.50. The Morgan fingerprint density at radius 3 is 2.60 bits per heavy atom. The second kappa shape index (κ2) is 5.87. The van der Waals surface area contributed by atoms with Gasteiger partial charge in [0.1, 0.15) is 5.82 Å². The smallest absolute Gasteiger partial charge is 0.407 e. The van der Waals surface area contributed by atoms with Gasteiger partial charge in [0.05, 0.1) is 11.6 Å². The second-order valence-electron chi connectivity index (χ2n) is 4.75. The molecule has 1 aliphatic heterocycles. The molecule has 1 heterocycles. The van der Waals surface area contributed by atoms with Gasteiger partial charge in [0.25, 0.3) is 0 Å². The summed E-state index contributed by atoms with van der Waals surface area (Å²) in [5.41, 5.74) is 0.379. The number of carboxylic acid groups (broad SMARTS) is 1. The first-order valence-electron chi connectivity index (χ1n) is 6.31. The molecule has 3 N–H and O–H groups in total. The highest BCUT2D eigenvalue weighted by atomic mass is 19.1. The van der Waals surface area contributed by atoms with Crippen molar-refractivity contribution in [3.63, 3.8) is 0 Å².